The molecule has 0 fully saturated rings. The first-order valence-corrected chi connectivity index (χ1v) is 4.72. The van der Waals surface area contributed by atoms with Crippen molar-refractivity contribution in [3.8, 4) is 0 Å². The molecule has 1 rings (SSSR count). The van der Waals surface area contributed by atoms with Gasteiger partial charge in [0.2, 0.25) is 0 Å². The molecular weight excluding hydrogens is 176 g/mol. The third kappa shape index (κ3) is 3.90. The molecule has 0 amide bonds. The van der Waals surface area contributed by atoms with E-state index in [2.05, 4.69) is 12.1 Å². The van der Waals surface area contributed by atoms with Gasteiger partial charge in [-0.1, -0.05) is 30.3 Å². The molecule has 1 aromatic carbocycles. The van der Waals surface area contributed by atoms with Crippen LogP contribution in [0, 0.1) is 5.92 Å². The highest BCUT2D eigenvalue weighted by molar-refractivity contribution is 5.19. The van der Waals surface area contributed by atoms with Crippen molar-refractivity contribution in [2.75, 3.05) is 27.4 Å². The van der Waals surface area contributed by atoms with Crippen LogP contribution in [0.5, 0.6) is 0 Å². The minimum Gasteiger partial charge on any atom is -0.384 e. The molecule has 0 aromatic heterocycles. The van der Waals surface area contributed by atoms with Gasteiger partial charge in [0.1, 0.15) is 0 Å². The van der Waals surface area contributed by atoms with Gasteiger partial charge in [0.15, 0.2) is 0 Å². The zero-order valence-electron chi connectivity index (χ0n) is 8.82. The first-order valence-electron chi connectivity index (χ1n) is 4.72. The lowest BCUT2D eigenvalue weighted by atomic mass is 10.0. The van der Waals surface area contributed by atoms with Crippen molar-refractivity contribution in [3.05, 3.63) is 41.8 Å². The third-order valence-corrected chi connectivity index (χ3v) is 1.99. The van der Waals surface area contributed by atoms with E-state index in [1.807, 2.05) is 18.2 Å². The standard InChI is InChI=1S/C12H17O2/c1-13-9-12(10-14-2)8-11-6-4-3-5-7-11/h3-7H,8-10H2,1-2H3. The van der Waals surface area contributed by atoms with E-state index in [0.29, 0.717) is 13.2 Å². The second-order valence-electron chi connectivity index (χ2n) is 3.28. The molecule has 0 saturated heterocycles. The average molecular weight is 193 g/mol. The number of rotatable bonds is 6. The second kappa shape index (κ2) is 6.57. The van der Waals surface area contributed by atoms with E-state index in [4.69, 9.17) is 9.47 Å². The molecule has 0 aliphatic heterocycles. The van der Waals surface area contributed by atoms with Gasteiger partial charge in [0.05, 0.1) is 13.2 Å². The SMILES string of the molecule is COC[C](COC)Cc1ccccc1. The summed E-state index contributed by atoms with van der Waals surface area (Å²) in [4.78, 5) is 0. The van der Waals surface area contributed by atoms with Crippen LogP contribution < -0.4 is 0 Å². The highest BCUT2D eigenvalue weighted by Gasteiger charge is 2.09. The molecule has 1 radical (unpaired) electrons. The Morgan fingerprint density at radius 1 is 1.00 bits per heavy atom. The maximum Gasteiger partial charge on any atom is 0.0551 e. The van der Waals surface area contributed by atoms with Gasteiger partial charge in [0, 0.05) is 20.1 Å². The van der Waals surface area contributed by atoms with Crippen LogP contribution in [0.25, 0.3) is 0 Å². The van der Waals surface area contributed by atoms with Crippen molar-refractivity contribution in [1.82, 2.24) is 0 Å². The smallest absolute Gasteiger partial charge is 0.0551 e. The monoisotopic (exact) mass is 193 g/mol. The molecule has 14 heavy (non-hydrogen) atoms. The minimum absolute atomic E-state index is 0.669. The van der Waals surface area contributed by atoms with E-state index in [0.717, 1.165) is 6.42 Å². The first kappa shape index (κ1) is 11.2. The van der Waals surface area contributed by atoms with Gasteiger partial charge in [-0.15, -0.1) is 0 Å². The molecule has 0 bridgehead atoms. The van der Waals surface area contributed by atoms with E-state index in [9.17, 15) is 0 Å². The summed E-state index contributed by atoms with van der Waals surface area (Å²) in [5.41, 5.74) is 1.30. The Morgan fingerprint density at radius 2 is 1.57 bits per heavy atom. The van der Waals surface area contributed by atoms with Crippen LogP contribution in [-0.2, 0) is 15.9 Å². The molecule has 2 nitrogen and oxygen atoms in total. The van der Waals surface area contributed by atoms with Crippen molar-refractivity contribution >= 4 is 0 Å². The normalized spacial score (nSPS) is 10.8. The van der Waals surface area contributed by atoms with Crippen molar-refractivity contribution in [1.29, 1.82) is 0 Å². The van der Waals surface area contributed by atoms with E-state index >= 15 is 0 Å². The van der Waals surface area contributed by atoms with E-state index in [1.165, 1.54) is 11.5 Å². The number of hydrogen-bond donors (Lipinski definition) is 0. The van der Waals surface area contributed by atoms with Gasteiger partial charge >= 0.3 is 0 Å². The third-order valence-electron chi connectivity index (χ3n) is 1.99. The lowest BCUT2D eigenvalue weighted by molar-refractivity contribution is 0.154. The largest absolute Gasteiger partial charge is 0.384 e. The summed E-state index contributed by atoms with van der Waals surface area (Å²) in [7, 11) is 3.42. The van der Waals surface area contributed by atoms with E-state index < -0.39 is 0 Å². The van der Waals surface area contributed by atoms with Gasteiger partial charge in [-0.05, 0) is 12.0 Å². The molecule has 0 heterocycles. The lowest BCUT2D eigenvalue weighted by Gasteiger charge is -2.13. The summed E-state index contributed by atoms with van der Waals surface area (Å²) >= 11 is 0. The van der Waals surface area contributed by atoms with Crippen molar-refractivity contribution < 1.29 is 9.47 Å². The van der Waals surface area contributed by atoms with Gasteiger partial charge in [-0.2, -0.15) is 0 Å². The lowest BCUT2D eigenvalue weighted by Crippen LogP contribution is -2.14. The first-order chi connectivity index (χ1) is 6.86. The topological polar surface area (TPSA) is 18.5 Å². The Morgan fingerprint density at radius 3 is 2.07 bits per heavy atom. The molecule has 77 valence electrons. The number of benzene rings is 1. The average Bonchev–Trinajstić information content (AvgIpc) is 2.20. The number of methoxy groups -OCH3 is 2. The van der Waals surface area contributed by atoms with E-state index in [1.54, 1.807) is 14.2 Å². The van der Waals surface area contributed by atoms with Crippen molar-refractivity contribution in [2.24, 2.45) is 0 Å². The maximum atomic E-state index is 5.11. The second-order valence-corrected chi connectivity index (χ2v) is 3.28. The van der Waals surface area contributed by atoms with Gasteiger partial charge in [-0.3, -0.25) is 0 Å². The molecule has 0 spiro atoms. The van der Waals surface area contributed by atoms with Crippen LogP contribution in [0.1, 0.15) is 5.56 Å². The molecule has 0 aliphatic rings. The van der Waals surface area contributed by atoms with Crippen molar-refractivity contribution in [3.63, 3.8) is 0 Å². The molecular formula is C12H17O2. The van der Waals surface area contributed by atoms with Crippen LogP contribution in [0.15, 0.2) is 30.3 Å². The van der Waals surface area contributed by atoms with Crippen LogP contribution >= 0.6 is 0 Å². The summed E-state index contributed by atoms with van der Waals surface area (Å²) in [6, 6.07) is 10.4. The minimum atomic E-state index is 0.669. The molecule has 0 saturated carbocycles. The number of hydrogen-bond acceptors (Lipinski definition) is 2. The summed E-state index contributed by atoms with van der Waals surface area (Å²) in [6.07, 6.45) is 0.933. The van der Waals surface area contributed by atoms with Gasteiger partial charge in [0.25, 0.3) is 0 Å². The fourth-order valence-corrected chi connectivity index (χ4v) is 1.44. The van der Waals surface area contributed by atoms with Crippen molar-refractivity contribution in [2.45, 2.75) is 6.42 Å². The molecule has 0 N–H and O–H groups in total. The zero-order valence-corrected chi connectivity index (χ0v) is 8.82. The van der Waals surface area contributed by atoms with Crippen LogP contribution in [0.2, 0.25) is 0 Å². The summed E-state index contributed by atoms with van der Waals surface area (Å²) in [6.45, 7) is 1.34. The highest BCUT2D eigenvalue weighted by Crippen LogP contribution is 2.11. The summed E-state index contributed by atoms with van der Waals surface area (Å²) < 4.78 is 10.2. The summed E-state index contributed by atoms with van der Waals surface area (Å²) in [5, 5.41) is 0. The summed E-state index contributed by atoms with van der Waals surface area (Å²) in [5.74, 6) is 1.27. The Balaban J connectivity index is 2.46. The van der Waals surface area contributed by atoms with Crippen LogP contribution in [0.3, 0.4) is 0 Å². The van der Waals surface area contributed by atoms with Gasteiger partial charge < -0.3 is 9.47 Å². The zero-order chi connectivity index (χ0) is 10.2. The maximum absolute atomic E-state index is 5.11. The fraction of sp³-hybridized carbons (Fsp3) is 0.417. The Labute approximate surface area is 85.8 Å². The molecule has 0 atom stereocenters. The fourth-order valence-electron chi connectivity index (χ4n) is 1.44. The van der Waals surface area contributed by atoms with E-state index in [-0.39, 0.29) is 0 Å². The highest BCUT2D eigenvalue weighted by atomic mass is 16.5. The van der Waals surface area contributed by atoms with Gasteiger partial charge in [-0.25, -0.2) is 0 Å². The quantitative estimate of drug-likeness (QED) is 0.688. The van der Waals surface area contributed by atoms with Crippen LogP contribution in [-0.4, -0.2) is 27.4 Å². The predicted octanol–water partition coefficient (Wildman–Crippen LogP) is 2.10. The molecule has 1 aromatic rings. The Hall–Kier alpha value is -0.860. The molecule has 0 aliphatic carbocycles. The Kier molecular flexibility index (Phi) is 5.27. The number of ether oxygens (including phenoxy) is 2. The molecule has 0 unspecified atom stereocenters. The molecule has 2 heteroatoms. The van der Waals surface area contributed by atoms with Crippen LogP contribution in [0.4, 0.5) is 0 Å². The predicted molar refractivity (Wildman–Crippen MR) is 57.1 cm³/mol. The Bertz CT molecular complexity index is 227.